The second kappa shape index (κ2) is 7.04. The molecular formula is C14H22O6. The van der Waals surface area contributed by atoms with Crippen LogP contribution in [0.4, 0.5) is 0 Å². The molecule has 0 saturated carbocycles. The minimum absolute atomic E-state index is 0.0657. The monoisotopic (exact) mass is 286 g/mol. The van der Waals surface area contributed by atoms with Crippen molar-refractivity contribution in [2.75, 3.05) is 13.2 Å². The lowest BCUT2D eigenvalue weighted by Gasteiger charge is -2.04. The van der Waals surface area contributed by atoms with E-state index in [9.17, 15) is 9.59 Å². The first-order chi connectivity index (χ1) is 9.56. The molecule has 4 unspecified atom stereocenters. The first kappa shape index (κ1) is 15.3. The molecule has 114 valence electrons. The SMILES string of the molecule is CC1OC1CCOC(=O)CCC(=O)OCCC1OC1C. The van der Waals surface area contributed by atoms with E-state index in [0.29, 0.717) is 13.2 Å². The number of esters is 2. The molecule has 2 rings (SSSR count). The maximum absolute atomic E-state index is 11.4. The van der Waals surface area contributed by atoms with E-state index in [1.807, 2.05) is 13.8 Å². The summed E-state index contributed by atoms with van der Waals surface area (Å²) >= 11 is 0. The highest BCUT2D eigenvalue weighted by molar-refractivity contribution is 5.77. The van der Waals surface area contributed by atoms with E-state index in [-0.39, 0.29) is 49.2 Å². The zero-order valence-corrected chi connectivity index (χ0v) is 12.0. The predicted molar refractivity (Wildman–Crippen MR) is 69.1 cm³/mol. The summed E-state index contributed by atoms with van der Waals surface area (Å²) in [5.41, 5.74) is 0. The molecule has 0 aromatic carbocycles. The first-order valence-electron chi connectivity index (χ1n) is 7.18. The van der Waals surface area contributed by atoms with Gasteiger partial charge in [-0.25, -0.2) is 0 Å². The van der Waals surface area contributed by atoms with Crippen molar-refractivity contribution in [2.24, 2.45) is 0 Å². The molecule has 0 N–H and O–H groups in total. The maximum atomic E-state index is 11.4. The highest BCUT2D eigenvalue weighted by Gasteiger charge is 2.34. The van der Waals surface area contributed by atoms with Crippen LogP contribution in [0.5, 0.6) is 0 Å². The lowest BCUT2D eigenvalue weighted by molar-refractivity contribution is -0.150. The molecule has 6 heteroatoms. The molecule has 0 spiro atoms. The quantitative estimate of drug-likeness (QED) is 0.468. The lowest BCUT2D eigenvalue weighted by Crippen LogP contribution is -2.13. The Morgan fingerprint density at radius 1 is 0.850 bits per heavy atom. The topological polar surface area (TPSA) is 77.7 Å². The molecule has 4 atom stereocenters. The summed E-state index contributed by atoms with van der Waals surface area (Å²) in [6.07, 6.45) is 2.57. The van der Waals surface area contributed by atoms with Crippen LogP contribution in [0.1, 0.15) is 39.5 Å². The Morgan fingerprint density at radius 3 is 1.50 bits per heavy atom. The minimum Gasteiger partial charge on any atom is -0.466 e. The summed E-state index contributed by atoms with van der Waals surface area (Å²) in [7, 11) is 0. The number of epoxide rings is 2. The second-order valence-corrected chi connectivity index (χ2v) is 5.28. The Morgan fingerprint density at radius 2 is 1.20 bits per heavy atom. The number of carbonyl (C=O) groups is 2. The van der Waals surface area contributed by atoms with Gasteiger partial charge in [0.1, 0.15) is 0 Å². The lowest BCUT2D eigenvalue weighted by atomic mass is 10.2. The highest BCUT2D eigenvalue weighted by Crippen LogP contribution is 2.24. The smallest absolute Gasteiger partial charge is 0.306 e. The normalized spacial score (nSPS) is 30.7. The summed E-state index contributed by atoms with van der Waals surface area (Å²) in [6, 6.07) is 0. The minimum atomic E-state index is -0.366. The van der Waals surface area contributed by atoms with Gasteiger partial charge in [-0.15, -0.1) is 0 Å². The summed E-state index contributed by atoms with van der Waals surface area (Å²) in [5, 5.41) is 0. The molecule has 0 aromatic rings. The Labute approximate surface area is 118 Å². The van der Waals surface area contributed by atoms with Gasteiger partial charge in [0.15, 0.2) is 0 Å². The average molecular weight is 286 g/mol. The van der Waals surface area contributed by atoms with Crippen molar-refractivity contribution in [3.8, 4) is 0 Å². The summed E-state index contributed by atoms with van der Waals surface area (Å²) in [5.74, 6) is -0.733. The predicted octanol–water partition coefficient (Wildman–Crippen LogP) is 1.21. The zero-order chi connectivity index (χ0) is 14.5. The molecule has 20 heavy (non-hydrogen) atoms. The third-order valence-corrected chi connectivity index (χ3v) is 3.54. The highest BCUT2D eigenvalue weighted by atomic mass is 16.6. The molecule has 0 aliphatic carbocycles. The van der Waals surface area contributed by atoms with Gasteiger partial charge < -0.3 is 18.9 Å². The maximum Gasteiger partial charge on any atom is 0.306 e. The molecule has 0 bridgehead atoms. The van der Waals surface area contributed by atoms with Crippen molar-refractivity contribution in [3.63, 3.8) is 0 Å². The van der Waals surface area contributed by atoms with Crippen LogP contribution in [-0.2, 0) is 28.5 Å². The fourth-order valence-electron chi connectivity index (χ4n) is 1.99. The van der Waals surface area contributed by atoms with Crippen molar-refractivity contribution in [1.82, 2.24) is 0 Å². The summed E-state index contributed by atoms with van der Waals surface area (Å²) < 4.78 is 20.4. The molecule has 0 aromatic heterocycles. The Kier molecular flexibility index (Phi) is 5.37. The Bertz CT molecular complexity index is 322. The van der Waals surface area contributed by atoms with Crippen LogP contribution in [0.3, 0.4) is 0 Å². The van der Waals surface area contributed by atoms with Gasteiger partial charge in [-0.1, -0.05) is 0 Å². The number of ether oxygens (including phenoxy) is 4. The molecule has 2 fully saturated rings. The zero-order valence-electron chi connectivity index (χ0n) is 12.0. The van der Waals surface area contributed by atoms with Gasteiger partial charge in [-0.2, -0.15) is 0 Å². The van der Waals surface area contributed by atoms with Crippen LogP contribution in [0.15, 0.2) is 0 Å². The van der Waals surface area contributed by atoms with E-state index in [2.05, 4.69) is 0 Å². The number of hydrogen-bond acceptors (Lipinski definition) is 6. The third kappa shape index (κ3) is 5.46. The fourth-order valence-corrected chi connectivity index (χ4v) is 1.99. The van der Waals surface area contributed by atoms with Crippen molar-refractivity contribution in [1.29, 1.82) is 0 Å². The summed E-state index contributed by atoms with van der Waals surface area (Å²) in [6.45, 7) is 4.66. The van der Waals surface area contributed by atoms with Gasteiger partial charge >= 0.3 is 11.9 Å². The summed E-state index contributed by atoms with van der Waals surface area (Å²) in [4.78, 5) is 22.8. The van der Waals surface area contributed by atoms with E-state index >= 15 is 0 Å². The molecule has 2 heterocycles. The van der Waals surface area contributed by atoms with Crippen LogP contribution in [0.2, 0.25) is 0 Å². The molecule has 2 aliphatic heterocycles. The van der Waals surface area contributed by atoms with E-state index < -0.39 is 0 Å². The third-order valence-electron chi connectivity index (χ3n) is 3.54. The van der Waals surface area contributed by atoms with Crippen LogP contribution in [-0.4, -0.2) is 49.6 Å². The van der Waals surface area contributed by atoms with E-state index in [1.54, 1.807) is 0 Å². The molecular weight excluding hydrogens is 264 g/mol. The standard InChI is InChI=1S/C14H22O6/c1-9-11(19-9)5-7-17-13(15)3-4-14(16)18-8-6-12-10(2)20-12/h9-12H,3-8H2,1-2H3. The van der Waals surface area contributed by atoms with Gasteiger partial charge in [0.2, 0.25) is 0 Å². The van der Waals surface area contributed by atoms with E-state index in [4.69, 9.17) is 18.9 Å². The Hall–Kier alpha value is -1.14. The van der Waals surface area contributed by atoms with Crippen LogP contribution in [0, 0.1) is 0 Å². The molecule has 6 nitrogen and oxygen atoms in total. The van der Waals surface area contributed by atoms with Crippen molar-refractivity contribution in [2.45, 2.75) is 63.9 Å². The van der Waals surface area contributed by atoms with Gasteiger partial charge in [0, 0.05) is 12.8 Å². The van der Waals surface area contributed by atoms with Crippen molar-refractivity contribution in [3.05, 3.63) is 0 Å². The molecule has 2 aliphatic rings. The van der Waals surface area contributed by atoms with Crippen LogP contribution >= 0.6 is 0 Å². The molecule has 2 saturated heterocycles. The fraction of sp³-hybridized carbons (Fsp3) is 0.857. The van der Waals surface area contributed by atoms with Crippen molar-refractivity contribution >= 4 is 11.9 Å². The van der Waals surface area contributed by atoms with E-state index in [1.165, 1.54) is 0 Å². The second-order valence-electron chi connectivity index (χ2n) is 5.28. The number of rotatable bonds is 9. The van der Waals surface area contributed by atoms with Crippen LogP contribution in [0.25, 0.3) is 0 Å². The molecule has 0 radical (unpaired) electrons. The number of carbonyl (C=O) groups excluding carboxylic acids is 2. The van der Waals surface area contributed by atoms with Crippen molar-refractivity contribution < 1.29 is 28.5 Å². The van der Waals surface area contributed by atoms with Gasteiger partial charge in [-0.3, -0.25) is 9.59 Å². The Balaban J connectivity index is 1.42. The van der Waals surface area contributed by atoms with Crippen LogP contribution < -0.4 is 0 Å². The first-order valence-corrected chi connectivity index (χ1v) is 7.18. The van der Waals surface area contributed by atoms with Gasteiger partial charge in [0.05, 0.1) is 50.5 Å². The number of hydrogen-bond donors (Lipinski definition) is 0. The van der Waals surface area contributed by atoms with Gasteiger partial charge in [0.25, 0.3) is 0 Å². The molecule has 0 amide bonds. The van der Waals surface area contributed by atoms with E-state index in [0.717, 1.165) is 12.8 Å². The largest absolute Gasteiger partial charge is 0.466 e. The van der Waals surface area contributed by atoms with Gasteiger partial charge in [-0.05, 0) is 13.8 Å². The average Bonchev–Trinajstić information content (AvgIpc) is 3.28.